The zero-order chi connectivity index (χ0) is 29.1. The van der Waals surface area contributed by atoms with Crippen molar-refractivity contribution in [3.8, 4) is 0 Å². The molecule has 0 amide bonds. The monoisotopic (exact) mass is 645 g/mol. The van der Waals surface area contributed by atoms with Crippen molar-refractivity contribution in [2.75, 3.05) is 24.7 Å². The third-order valence-electron chi connectivity index (χ3n) is 5.90. The minimum Gasteiger partial charge on any atom is -0.465 e. The fraction of sp³-hybridized carbons (Fsp3) is 0.500. The Bertz CT molecular complexity index is 1380. The molecule has 3 aromatic heterocycles. The van der Waals surface area contributed by atoms with Gasteiger partial charge in [-0.3, -0.25) is 18.9 Å². The molecule has 1 fully saturated rings. The number of imidazole rings is 1. The quantitative estimate of drug-likeness (QED) is 0.107. The lowest BCUT2D eigenvalue weighted by molar-refractivity contribution is -0.145. The van der Waals surface area contributed by atoms with Crippen molar-refractivity contribution in [1.82, 2.24) is 34.7 Å². The number of carbonyl (C=O) groups excluding carboxylic acids is 1. The molecule has 4 rings (SSSR count). The zero-order valence-corrected chi connectivity index (χ0v) is 24.1. The Morgan fingerprint density at radius 2 is 2.20 bits per heavy atom. The lowest BCUT2D eigenvalue weighted by Gasteiger charge is -2.25. The standard InChI is InChI=1S/C22H30BrFN9O6P/c1-3-7-37-19(35)12(2)32-40(36,29-9-13-5-4-6-27-8-13)38-10-14-16(34)22(23,24)20(39-14)33-11-28-15-17(25)30-21(26)31-18(15)33/h4-6,8,11-12,14,16,20,34H,3,7,9-10H2,1-2H3,(H2,29,32,36)(H4,25,26,30,31)/t12-,14+,16?,20+,22+,40?/m0/s1. The number of aliphatic hydroxyl groups excluding tert-OH is 1. The number of hydrogen-bond donors (Lipinski definition) is 5. The molecule has 2 unspecified atom stereocenters. The van der Waals surface area contributed by atoms with Gasteiger partial charge in [-0.1, -0.05) is 13.0 Å². The highest BCUT2D eigenvalue weighted by Crippen LogP contribution is 2.48. The highest BCUT2D eigenvalue weighted by Gasteiger charge is 2.57. The van der Waals surface area contributed by atoms with Crippen molar-refractivity contribution < 1.29 is 32.9 Å². The normalized spacial score (nSPS) is 25.1. The molecule has 0 aromatic carbocycles. The zero-order valence-electron chi connectivity index (χ0n) is 21.6. The lowest BCUT2D eigenvalue weighted by atomic mass is 10.1. The van der Waals surface area contributed by atoms with E-state index in [1.165, 1.54) is 17.8 Å². The number of pyridine rings is 1. The van der Waals surface area contributed by atoms with Gasteiger partial charge in [0.1, 0.15) is 23.8 Å². The Balaban J connectivity index is 1.52. The molecule has 1 aliphatic heterocycles. The number of halogens is 2. The van der Waals surface area contributed by atoms with Crippen LogP contribution in [0.15, 0.2) is 30.9 Å². The van der Waals surface area contributed by atoms with Gasteiger partial charge in [0, 0.05) is 18.9 Å². The summed E-state index contributed by atoms with van der Waals surface area (Å²) in [6.45, 7) is 3.01. The molecular formula is C22H30BrFN9O6P. The molecule has 40 heavy (non-hydrogen) atoms. The number of alkyl halides is 2. The van der Waals surface area contributed by atoms with Gasteiger partial charge in [0.2, 0.25) is 10.5 Å². The first-order valence-corrected chi connectivity index (χ1v) is 14.7. The number of nitrogens with one attached hydrogen (secondary N) is 2. The van der Waals surface area contributed by atoms with Crippen molar-refractivity contribution in [2.45, 2.75) is 55.9 Å². The molecule has 1 aliphatic rings. The summed E-state index contributed by atoms with van der Waals surface area (Å²) >= 11 is 2.90. The molecule has 3 aromatic rings. The summed E-state index contributed by atoms with van der Waals surface area (Å²) in [7, 11) is -4.01. The minimum absolute atomic E-state index is 0.0167. The number of aliphatic hydroxyl groups is 1. The number of anilines is 2. The summed E-state index contributed by atoms with van der Waals surface area (Å²) in [5.41, 5.74) is 12.4. The Morgan fingerprint density at radius 3 is 2.90 bits per heavy atom. The number of rotatable bonds is 12. The number of nitrogens with zero attached hydrogens (tertiary/aromatic N) is 5. The summed E-state index contributed by atoms with van der Waals surface area (Å²) in [4.78, 5) is 28.3. The number of esters is 1. The van der Waals surface area contributed by atoms with E-state index in [2.05, 4.69) is 46.0 Å². The van der Waals surface area contributed by atoms with Gasteiger partial charge in [-0.15, -0.1) is 0 Å². The molecule has 0 radical (unpaired) electrons. The summed E-state index contributed by atoms with van der Waals surface area (Å²) in [6, 6.07) is 2.43. The van der Waals surface area contributed by atoms with Gasteiger partial charge in [-0.2, -0.15) is 9.97 Å². The van der Waals surface area contributed by atoms with Crippen LogP contribution in [0.3, 0.4) is 0 Å². The fourth-order valence-corrected chi connectivity index (χ4v) is 6.12. The maximum absolute atomic E-state index is 15.8. The van der Waals surface area contributed by atoms with Crippen molar-refractivity contribution >= 4 is 52.5 Å². The van der Waals surface area contributed by atoms with Crippen LogP contribution in [0, 0.1) is 0 Å². The number of aromatic nitrogens is 5. The second-order valence-electron chi connectivity index (χ2n) is 9.00. The number of nitrogens with two attached hydrogens (primary N) is 2. The molecule has 6 atom stereocenters. The second kappa shape index (κ2) is 12.4. The van der Waals surface area contributed by atoms with Crippen molar-refractivity contribution in [3.05, 3.63) is 36.4 Å². The van der Waals surface area contributed by atoms with Crippen LogP contribution in [-0.2, 0) is 29.9 Å². The number of nitrogen functional groups attached to an aromatic ring is 2. The molecule has 0 aliphatic carbocycles. The van der Waals surface area contributed by atoms with Crippen LogP contribution in [-0.4, -0.2) is 71.6 Å². The Morgan fingerprint density at radius 1 is 1.43 bits per heavy atom. The van der Waals surface area contributed by atoms with E-state index in [0.717, 1.165) is 0 Å². The van der Waals surface area contributed by atoms with Gasteiger partial charge in [0.25, 0.3) is 0 Å². The maximum atomic E-state index is 15.8. The molecule has 218 valence electrons. The van der Waals surface area contributed by atoms with Gasteiger partial charge in [0.15, 0.2) is 17.7 Å². The molecule has 15 nitrogen and oxygen atoms in total. The number of fused-ring (bicyclic) bond motifs is 1. The fourth-order valence-electron chi connectivity index (χ4n) is 3.87. The highest BCUT2D eigenvalue weighted by molar-refractivity contribution is 9.10. The van der Waals surface area contributed by atoms with Gasteiger partial charge in [0.05, 0.1) is 19.5 Å². The first-order valence-electron chi connectivity index (χ1n) is 12.2. The second-order valence-corrected chi connectivity index (χ2v) is 12.2. The van der Waals surface area contributed by atoms with Gasteiger partial charge < -0.3 is 30.6 Å². The molecule has 7 N–H and O–H groups in total. The average molecular weight is 646 g/mol. The van der Waals surface area contributed by atoms with E-state index >= 15 is 4.39 Å². The van der Waals surface area contributed by atoms with Crippen LogP contribution < -0.4 is 21.6 Å². The molecule has 1 saturated heterocycles. The Labute approximate surface area is 236 Å². The molecular weight excluding hydrogens is 616 g/mol. The topological polar surface area (TPSA) is 215 Å². The van der Waals surface area contributed by atoms with Crippen LogP contribution >= 0.6 is 23.6 Å². The SMILES string of the molecule is CCCOC(=O)[C@H](C)NP(=O)(NCc1cccnc1)OC[C@H]1O[C@@H](n2cnc3c(N)nc(N)nc32)[C@@](F)(Br)C1O. The van der Waals surface area contributed by atoms with E-state index in [9.17, 15) is 14.5 Å². The van der Waals surface area contributed by atoms with Crippen molar-refractivity contribution in [2.24, 2.45) is 0 Å². The predicted octanol–water partition coefficient (Wildman–Crippen LogP) is 1.55. The minimum atomic E-state index is -4.01. The van der Waals surface area contributed by atoms with Gasteiger partial charge in [-0.05, 0) is 40.9 Å². The summed E-state index contributed by atoms with van der Waals surface area (Å²) in [6.07, 6.45) is 0.376. The van der Waals surface area contributed by atoms with Crippen molar-refractivity contribution in [3.63, 3.8) is 0 Å². The highest BCUT2D eigenvalue weighted by atomic mass is 79.9. The van der Waals surface area contributed by atoms with E-state index in [1.807, 2.05) is 6.92 Å². The first kappa shape index (κ1) is 30.2. The number of carbonyl (C=O) groups is 1. The molecule has 0 saturated carbocycles. The summed E-state index contributed by atoms with van der Waals surface area (Å²) in [5, 5.41) is 16.2. The van der Waals surface area contributed by atoms with E-state index in [1.54, 1.807) is 24.5 Å². The largest absolute Gasteiger partial charge is 0.465 e. The Kier molecular flexibility index (Phi) is 9.34. The Hall–Kier alpha value is -2.79. The van der Waals surface area contributed by atoms with E-state index in [-0.39, 0.29) is 36.1 Å². The van der Waals surface area contributed by atoms with Crippen LogP contribution in [0.2, 0.25) is 0 Å². The van der Waals surface area contributed by atoms with Gasteiger partial charge in [-0.25, -0.2) is 19.5 Å². The molecule has 0 spiro atoms. The van der Waals surface area contributed by atoms with Crippen LogP contribution in [0.1, 0.15) is 32.1 Å². The van der Waals surface area contributed by atoms with Crippen LogP contribution in [0.25, 0.3) is 11.2 Å². The first-order chi connectivity index (χ1) is 18.9. The van der Waals surface area contributed by atoms with E-state index < -0.39 is 49.3 Å². The summed E-state index contributed by atoms with van der Waals surface area (Å²) in [5.74, 6) is -0.818. The van der Waals surface area contributed by atoms with E-state index in [4.69, 9.17) is 25.5 Å². The van der Waals surface area contributed by atoms with Gasteiger partial charge >= 0.3 is 13.6 Å². The third-order valence-corrected chi connectivity index (χ3v) is 8.57. The number of ether oxygens (including phenoxy) is 2. The third kappa shape index (κ3) is 6.57. The smallest absolute Gasteiger partial charge is 0.341 e. The number of hydrogen-bond acceptors (Lipinski definition) is 12. The lowest BCUT2D eigenvalue weighted by Crippen LogP contribution is -2.40. The summed E-state index contributed by atoms with van der Waals surface area (Å²) < 4.78 is 44.8. The predicted molar refractivity (Wildman–Crippen MR) is 145 cm³/mol. The van der Waals surface area contributed by atoms with Crippen LogP contribution in [0.4, 0.5) is 16.2 Å². The van der Waals surface area contributed by atoms with Crippen LogP contribution in [0.5, 0.6) is 0 Å². The molecule has 18 heteroatoms. The van der Waals surface area contributed by atoms with E-state index in [0.29, 0.717) is 12.0 Å². The molecule has 0 bridgehead atoms. The van der Waals surface area contributed by atoms with Crippen molar-refractivity contribution in [1.29, 1.82) is 0 Å². The maximum Gasteiger partial charge on any atom is 0.341 e. The average Bonchev–Trinajstić information content (AvgIpc) is 3.43. The molecule has 4 heterocycles.